The van der Waals surface area contributed by atoms with E-state index in [2.05, 4.69) is 15.5 Å². The number of amides is 3. The van der Waals surface area contributed by atoms with Crippen LogP contribution in [0.25, 0.3) is 0 Å². The van der Waals surface area contributed by atoms with Gasteiger partial charge in [-0.15, -0.1) is 0 Å². The zero-order valence-corrected chi connectivity index (χ0v) is 22.9. The van der Waals surface area contributed by atoms with E-state index < -0.39 is 24.0 Å². The number of likely N-dealkylation sites (tertiary alicyclic amines) is 2. The number of carbonyl (C=O) groups is 4. The number of pyridine rings is 1. The number of ketones is 1. The third-order valence-electron chi connectivity index (χ3n) is 7.93. The van der Waals surface area contributed by atoms with Gasteiger partial charge in [0.25, 0.3) is 11.6 Å². The van der Waals surface area contributed by atoms with Gasteiger partial charge in [-0.3, -0.25) is 19.2 Å². The largest absolute Gasteiger partial charge is 0.618 e. The van der Waals surface area contributed by atoms with Crippen molar-refractivity contribution >= 4 is 29.2 Å². The van der Waals surface area contributed by atoms with Crippen LogP contribution in [0, 0.1) is 11.1 Å². The number of nitrogens with zero attached hydrogens (tertiary/aromatic N) is 4. The lowest BCUT2D eigenvalue weighted by Crippen LogP contribution is -2.53. The summed E-state index contributed by atoms with van der Waals surface area (Å²) in [5, 5.41) is 18.4. The van der Waals surface area contributed by atoms with Gasteiger partial charge >= 0.3 is 5.91 Å². The van der Waals surface area contributed by atoms with Gasteiger partial charge in [-0.2, -0.15) is 4.73 Å². The average Bonchev–Trinajstić information content (AvgIpc) is 3.54. The quantitative estimate of drug-likeness (QED) is 0.382. The summed E-state index contributed by atoms with van der Waals surface area (Å²) in [6.45, 7) is 7.71. The summed E-state index contributed by atoms with van der Waals surface area (Å²) < 4.78 is 0.489. The number of hydrogen-bond acceptors (Lipinski definition) is 7. The molecule has 212 valence electrons. The lowest BCUT2D eigenvalue weighted by atomic mass is 10.0. The van der Waals surface area contributed by atoms with Crippen LogP contribution in [0.3, 0.4) is 0 Å². The van der Waals surface area contributed by atoms with Crippen molar-refractivity contribution in [1.82, 2.24) is 20.4 Å². The van der Waals surface area contributed by atoms with Crippen LogP contribution in [0.4, 0.5) is 5.69 Å². The van der Waals surface area contributed by atoms with Crippen molar-refractivity contribution in [3.05, 3.63) is 65.1 Å². The summed E-state index contributed by atoms with van der Waals surface area (Å²) in [5.74, 6) is -1.32. The van der Waals surface area contributed by atoms with Gasteiger partial charge in [0, 0.05) is 56.1 Å². The Morgan fingerprint density at radius 2 is 1.77 bits per heavy atom. The number of fused-ring (bicyclic) bond motifs is 1. The van der Waals surface area contributed by atoms with Gasteiger partial charge in [-0.1, -0.05) is 13.8 Å². The van der Waals surface area contributed by atoms with E-state index in [4.69, 9.17) is 0 Å². The molecule has 3 atom stereocenters. The molecule has 2 N–H and O–H groups in total. The van der Waals surface area contributed by atoms with Crippen LogP contribution in [-0.2, 0) is 9.59 Å². The maximum atomic E-state index is 13.8. The molecule has 5 rings (SSSR count). The van der Waals surface area contributed by atoms with Crippen LogP contribution in [0.2, 0.25) is 0 Å². The van der Waals surface area contributed by atoms with E-state index in [9.17, 15) is 24.4 Å². The Morgan fingerprint density at radius 1 is 1.05 bits per heavy atom. The molecule has 3 saturated heterocycles. The summed E-state index contributed by atoms with van der Waals surface area (Å²) in [4.78, 5) is 58.4. The van der Waals surface area contributed by atoms with Crippen molar-refractivity contribution in [3.8, 4) is 0 Å². The molecular weight excluding hydrogens is 512 g/mol. The van der Waals surface area contributed by atoms with Crippen LogP contribution in [-0.4, -0.2) is 90.7 Å². The van der Waals surface area contributed by atoms with Crippen LogP contribution in [0.1, 0.15) is 47.5 Å². The monoisotopic (exact) mass is 548 g/mol. The fraction of sp³-hybridized carbons (Fsp3) is 0.483. The van der Waals surface area contributed by atoms with Gasteiger partial charge in [0.15, 0.2) is 12.0 Å². The first kappa shape index (κ1) is 27.6. The Bertz CT molecular complexity index is 1280. The molecule has 3 fully saturated rings. The molecule has 1 aromatic heterocycles. The van der Waals surface area contributed by atoms with E-state index in [0.717, 1.165) is 31.9 Å². The van der Waals surface area contributed by atoms with Gasteiger partial charge in [0.1, 0.15) is 12.1 Å². The van der Waals surface area contributed by atoms with E-state index >= 15 is 0 Å². The number of carbonyl (C=O) groups excluding carboxylic acids is 4. The van der Waals surface area contributed by atoms with Crippen LogP contribution >= 0.6 is 0 Å². The first-order valence-electron chi connectivity index (χ1n) is 13.9. The average molecular weight is 549 g/mol. The predicted octanol–water partition coefficient (Wildman–Crippen LogP) is 0.569. The van der Waals surface area contributed by atoms with Crippen molar-refractivity contribution < 1.29 is 23.9 Å². The topological polar surface area (TPSA) is 129 Å². The zero-order valence-electron chi connectivity index (χ0n) is 22.9. The van der Waals surface area contributed by atoms with Crippen LogP contribution < -0.4 is 20.3 Å². The normalized spacial score (nSPS) is 21.5. The maximum absolute atomic E-state index is 13.8. The molecule has 3 aliphatic heterocycles. The van der Waals surface area contributed by atoms with Crippen LogP contribution in [0.5, 0.6) is 0 Å². The molecule has 3 unspecified atom stereocenters. The molecule has 3 aliphatic rings. The highest BCUT2D eigenvalue weighted by atomic mass is 16.5. The SMILES string of the molecule is CC(C)CC(NC(=O)c1ccc(N2CCNCC2)cc1)C(=O)N1CCC2C1C(=O)CN2C(=O)c1cccc[n+]1[O-]. The van der Waals surface area contributed by atoms with Crippen molar-refractivity contribution in [2.45, 2.75) is 44.8 Å². The number of benzene rings is 1. The Balaban J connectivity index is 1.28. The highest BCUT2D eigenvalue weighted by Crippen LogP contribution is 2.31. The van der Waals surface area contributed by atoms with Gasteiger partial charge in [-0.25, -0.2) is 0 Å². The Hall–Kier alpha value is -3.99. The summed E-state index contributed by atoms with van der Waals surface area (Å²) in [5.41, 5.74) is 1.45. The zero-order chi connectivity index (χ0) is 28.4. The maximum Gasteiger partial charge on any atom is 0.320 e. The lowest BCUT2D eigenvalue weighted by Gasteiger charge is -2.30. The summed E-state index contributed by atoms with van der Waals surface area (Å²) >= 11 is 0. The third kappa shape index (κ3) is 5.51. The fourth-order valence-electron chi connectivity index (χ4n) is 5.96. The molecular formula is C29H36N6O5. The number of Topliss-reactive ketones (excluding diaryl/α,β-unsaturated/α-hetero) is 1. The molecule has 0 radical (unpaired) electrons. The molecule has 11 heteroatoms. The number of anilines is 1. The second-order valence-electron chi connectivity index (χ2n) is 11.1. The molecule has 40 heavy (non-hydrogen) atoms. The second kappa shape index (κ2) is 11.6. The molecule has 3 amide bonds. The first-order chi connectivity index (χ1) is 19.2. The summed E-state index contributed by atoms with van der Waals surface area (Å²) in [6, 6.07) is 9.83. The van der Waals surface area contributed by atoms with Gasteiger partial charge < -0.3 is 30.5 Å². The minimum atomic E-state index is -0.811. The molecule has 0 saturated carbocycles. The second-order valence-corrected chi connectivity index (χ2v) is 11.1. The van der Waals surface area contributed by atoms with Gasteiger partial charge in [-0.05, 0) is 49.1 Å². The van der Waals surface area contributed by atoms with E-state index in [1.54, 1.807) is 18.2 Å². The molecule has 2 aromatic rings. The van der Waals surface area contributed by atoms with E-state index in [-0.39, 0.29) is 35.8 Å². The first-order valence-corrected chi connectivity index (χ1v) is 13.9. The predicted molar refractivity (Wildman–Crippen MR) is 148 cm³/mol. The number of rotatable bonds is 7. The highest BCUT2D eigenvalue weighted by molar-refractivity contribution is 6.02. The molecule has 0 spiro atoms. The van der Waals surface area contributed by atoms with Crippen molar-refractivity contribution in [2.75, 3.05) is 44.2 Å². The molecule has 0 aliphatic carbocycles. The number of nitrogens with one attached hydrogen (secondary N) is 2. The van der Waals surface area contributed by atoms with Gasteiger partial charge in [0.2, 0.25) is 5.91 Å². The van der Waals surface area contributed by atoms with E-state index in [0.29, 0.717) is 29.7 Å². The van der Waals surface area contributed by atoms with Crippen LogP contribution in [0.15, 0.2) is 48.7 Å². The molecule has 1 aromatic carbocycles. The smallest absolute Gasteiger partial charge is 0.320 e. The van der Waals surface area contributed by atoms with Crippen molar-refractivity contribution in [2.24, 2.45) is 5.92 Å². The summed E-state index contributed by atoms with van der Waals surface area (Å²) in [6.07, 6.45) is 2.08. The number of piperazine rings is 1. The van der Waals surface area contributed by atoms with Crippen molar-refractivity contribution in [1.29, 1.82) is 0 Å². The summed E-state index contributed by atoms with van der Waals surface area (Å²) in [7, 11) is 0. The minimum absolute atomic E-state index is 0.0614. The Morgan fingerprint density at radius 3 is 2.45 bits per heavy atom. The highest BCUT2D eigenvalue weighted by Gasteiger charge is 2.53. The van der Waals surface area contributed by atoms with Crippen molar-refractivity contribution in [3.63, 3.8) is 0 Å². The molecule has 11 nitrogen and oxygen atoms in total. The third-order valence-corrected chi connectivity index (χ3v) is 7.93. The fourth-order valence-corrected chi connectivity index (χ4v) is 5.96. The number of aromatic nitrogens is 1. The van der Waals surface area contributed by atoms with E-state index in [1.807, 2.05) is 26.0 Å². The Labute approximate surface area is 233 Å². The standard InChI is InChI=1S/C29H36N6O5/c1-19(2)17-22(31-27(37)20-6-8-21(9-7-20)32-15-11-30-12-16-32)28(38)33-14-10-23-26(33)25(36)18-34(23)29(39)24-5-3-4-13-35(24)40/h3-9,13,19,22-23,26,30H,10-12,14-18H2,1-2H3,(H,31,37). The molecule has 4 heterocycles. The Kier molecular flexibility index (Phi) is 8.02. The lowest BCUT2D eigenvalue weighted by molar-refractivity contribution is -0.608. The number of hydrogen-bond donors (Lipinski definition) is 2. The van der Waals surface area contributed by atoms with Gasteiger partial charge in [0.05, 0.1) is 12.6 Å². The van der Waals surface area contributed by atoms with E-state index in [1.165, 1.54) is 28.1 Å². The molecule has 0 bridgehead atoms. The minimum Gasteiger partial charge on any atom is -0.618 e.